The molecule has 1 aromatic carbocycles. The number of thiol groups is 1. The van der Waals surface area contributed by atoms with E-state index in [9.17, 15) is 49.3 Å². The van der Waals surface area contributed by atoms with Gasteiger partial charge >= 0.3 is 18.3 Å². The topological polar surface area (TPSA) is 140 Å². The maximum atomic E-state index is 14.5. The van der Waals surface area contributed by atoms with Crippen molar-refractivity contribution in [3.8, 4) is 16.9 Å². The number of methoxy groups -OCH3 is 1. The quantitative estimate of drug-likeness (QED) is 0.210. The van der Waals surface area contributed by atoms with Crippen LogP contribution in [-0.2, 0) is 31.6 Å². The maximum Gasteiger partial charge on any atom is 0.474 e. The molecule has 9 nitrogen and oxygen atoms in total. The second kappa shape index (κ2) is 13.2. The Labute approximate surface area is 234 Å². The molecule has 18 heteroatoms. The van der Waals surface area contributed by atoms with Crippen molar-refractivity contribution < 1.29 is 54.0 Å². The van der Waals surface area contributed by atoms with E-state index in [1.165, 1.54) is 20.1 Å². The van der Waals surface area contributed by atoms with E-state index in [-0.39, 0.29) is 34.2 Å². The Balaban J connectivity index is 0.00000144. The van der Waals surface area contributed by atoms with E-state index in [0.29, 0.717) is 6.07 Å². The van der Waals surface area contributed by atoms with E-state index in [0.717, 1.165) is 36.7 Å². The van der Waals surface area contributed by atoms with Gasteiger partial charge in [0.1, 0.15) is 34.7 Å². The van der Waals surface area contributed by atoms with Crippen molar-refractivity contribution in [3.63, 3.8) is 0 Å². The van der Waals surface area contributed by atoms with Crippen LogP contribution in [0.2, 0.25) is 0 Å². The number of nitrogens with one attached hydrogen (secondary N) is 1. The van der Waals surface area contributed by atoms with E-state index in [4.69, 9.17) is 4.74 Å². The molecule has 0 unspecified atom stereocenters. The fourth-order valence-electron chi connectivity index (χ4n) is 3.25. The fourth-order valence-corrected chi connectivity index (χ4v) is 4.70. The summed E-state index contributed by atoms with van der Waals surface area (Å²) in [6, 6.07) is 5.80. The van der Waals surface area contributed by atoms with E-state index in [1.807, 2.05) is 0 Å². The number of rotatable bonds is 6. The highest BCUT2D eigenvalue weighted by molar-refractivity contribution is 7.98. The Hall–Kier alpha value is -4.19. The standard InChI is InChI=1S/C22H18F8N4O3S.C2H5NO/c1-37-16-7-12(23)3-4-13(16)14-8-18(31-9-15(14)24)33-19-6-11(5-17(32-19)21(25,26)27)10-38(2,36)34-20(35)22(28,29)30;1-2(3)4/h3-9,38H,10H2,1-2H3,(H,31,32,33)(H,34,35,36);1H3,(H2,3,4). The van der Waals surface area contributed by atoms with Gasteiger partial charge in [0.15, 0.2) is 0 Å². The number of primary amides is 1. The molecule has 0 spiro atoms. The minimum atomic E-state index is -5.37. The number of alkyl halides is 6. The van der Waals surface area contributed by atoms with Crippen LogP contribution >= 0.6 is 0 Å². The summed E-state index contributed by atoms with van der Waals surface area (Å²) in [6.45, 7) is 1.31. The summed E-state index contributed by atoms with van der Waals surface area (Å²) < 4.78 is 124. The molecule has 0 radical (unpaired) electrons. The van der Waals surface area contributed by atoms with Gasteiger partial charge in [0, 0.05) is 29.9 Å². The third-order valence-electron chi connectivity index (χ3n) is 4.77. The summed E-state index contributed by atoms with van der Waals surface area (Å²) >= 11 is 0. The molecule has 3 aromatic rings. The molecule has 2 amide bonds. The molecule has 2 aromatic heterocycles. The Morgan fingerprint density at radius 3 is 2.21 bits per heavy atom. The first kappa shape index (κ1) is 34.0. The average Bonchev–Trinajstić information content (AvgIpc) is 2.83. The average molecular weight is 630 g/mol. The number of ether oxygens (including phenoxy) is 1. The van der Waals surface area contributed by atoms with Gasteiger partial charge in [0.25, 0.3) is 0 Å². The molecule has 0 bridgehead atoms. The number of amides is 2. The number of benzene rings is 1. The number of nitrogens with zero attached hydrogens (tertiary/aromatic N) is 3. The van der Waals surface area contributed by atoms with E-state index in [1.54, 1.807) is 0 Å². The van der Waals surface area contributed by atoms with Crippen LogP contribution in [0.5, 0.6) is 5.75 Å². The normalized spacial score (nSPS) is 12.1. The number of nitrogens with two attached hydrogens (primary N) is 1. The first-order valence-corrected chi connectivity index (χ1v) is 13.6. The summed E-state index contributed by atoms with van der Waals surface area (Å²) in [7, 11) is -2.82. The third-order valence-corrected chi connectivity index (χ3v) is 6.35. The smallest absolute Gasteiger partial charge is 0.474 e. The van der Waals surface area contributed by atoms with Crippen LogP contribution in [0.3, 0.4) is 0 Å². The summed E-state index contributed by atoms with van der Waals surface area (Å²) in [5.74, 6) is -6.00. The maximum absolute atomic E-state index is 14.5. The minimum Gasteiger partial charge on any atom is -0.496 e. The van der Waals surface area contributed by atoms with Crippen molar-refractivity contribution >= 4 is 33.6 Å². The lowest BCUT2D eigenvalue weighted by Crippen LogP contribution is -2.24. The molecule has 0 saturated heterocycles. The lowest BCUT2D eigenvalue weighted by atomic mass is 10.0. The summed E-state index contributed by atoms with van der Waals surface area (Å²) in [4.78, 5) is 27.5. The number of aromatic nitrogens is 2. The van der Waals surface area contributed by atoms with Gasteiger partial charge in [-0.3, -0.25) is 9.59 Å². The van der Waals surface area contributed by atoms with Gasteiger partial charge in [-0.05, 0) is 42.2 Å². The van der Waals surface area contributed by atoms with Crippen LogP contribution < -0.4 is 15.8 Å². The molecule has 0 atom stereocenters. The van der Waals surface area contributed by atoms with Gasteiger partial charge < -0.3 is 20.3 Å². The molecule has 42 heavy (non-hydrogen) atoms. The monoisotopic (exact) mass is 629 g/mol. The highest BCUT2D eigenvalue weighted by Gasteiger charge is 2.39. The second-order valence-electron chi connectivity index (χ2n) is 8.52. The molecule has 0 aliphatic rings. The molecule has 0 aliphatic carbocycles. The summed E-state index contributed by atoms with van der Waals surface area (Å²) in [5, 5.41) is 2.44. The van der Waals surface area contributed by atoms with E-state index in [2.05, 4.69) is 25.4 Å². The SMILES string of the molecule is CC(N)=O.COc1cc(F)ccc1-c1cc(Nc2cc(C[SH](C)(O)=NC(=O)C(F)(F)F)cc(C(F)(F)F)n2)ncc1F. The lowest BCUT2D eigenvalue weighted by molar-refractivity contribution is -0.169. The largest absolute Gasteiger partial charge is 0.496 e. The highest BCUT2D eigenvalue weighted by Crippen LogP contribution is 2.35. The van der Waals surface area contributed by atoms with Crippen LogP contribution in [0.15, 0.2) is 47.0 Å². The van der Waals surface area contributed by atoms with Gasteiger partial charge in [-0.15, -0.1) is 10.1 Å². The summed E-state index contributed by atoms with van der Waals surface area (Å²) in [6.07, 6.45) is -8.81. The van der Waals surface area contributed by atoms with Gasteiger partial charge in [0.05, 0.1) is 13.3 Å². The van der Waals surface area contributed by atoms with Gasteiger partial charge in [-0.25, -0.2) is 18.7 Å². The van der Waals surface area contributed by atoms with E-state index >= 15 is 0 Å². The number of hydrogen-bond acceptors (Lipinski definition) is 6. The van der Waals surface area contributed by atoms with Gasteiger partial charge in [-0.1, -0.05) is 0 Å². The highest BCUT2D eigenvalue weighted by atomic mass is 32.3. The van der Waals surface area contributed by atoms with Crippen LogP contribution in [0.4, 0.5) is 46.8 Å². The van der Waals surface area contributed by atoms with Gasteiger partial charge in [0.2, 0.25) is 5.91 Å². The first-order chi connectivity index (χ1) is 19.2. The van der Waals surface area contributed by atoms with Crippen molar-refractivity contribution in [2.45, 2.75) is 25.0 Å². The molecule has 230 valence electrons. The predicted molar refractivity (Wildman–Crippen MR) is 138 cm³/mol. The lowest BCUT2D eigenvalue weighted by Gasteiger charge is -2.20. The Bertz CT molecular complexity index is 1520. The molecule has 0 fully saturated rings. The zero-order chi connectivity index (χ0) is 32.0. The Kier molecular flexibility index (Phi) is 10.7. The second-order valence-corrected chi connectivity index (χ2v) is 11.2. The predicted octanol–water partition coefficient (Wildman–Crippen LogP) is 5.45. The van der Waals surface area contributed by atoms with Crippen LogP contribution in [0.1, 0.15) is 18.2 Å². The minimum absolute atomic E-state index is 0.0381. The molecular weight excluding hydrogens is 606 g/mol. The zero-order valence-electron chi connectivity index (χ0n) is 21.8. The van der Waals surface area contributed by atoms with Crippen molar-refractivity contribution in [1.29, 1.82) is 0 Å². The molecule has 0 saturated carbocycles. The molecule has 0 aliphatic heterocycles. The number of carbonyl (C=O) groups is 2. The Morgan fingerprint density at radius 2 is 1.67 bits per heavy atom. The van der Waals surface area contributed by atoms with Crippen molar-refractivity contribution in [2.24, 2.45) is 10.1 Å². The number of pyridine rings is 2. The van der Waals surface area contributed by atoms with Crippen LogP contribution in [0, 0.1) is 11.6 Å². The third kappa shape index (κ3) is 10.0. The molecule has 2 heterocycles. The first-order valence-electron chi connectivity index (χ1n) is 11.2. The fraction of sp³-hybridized carbons (Fsp3) is 0.250. The van der Waals surface area contributed by atoms with Crippen molar-refractivity contribution in [1.82, 2.24) is 9.97 Å². The van der Waals surface area contributed by atoms with E-state index < -0.39 is 57.3 Å². The van der Waals surface area contributed by atoms with Crippen molar-refractivity contribution in [3.05, 3.63) is 65.5 Å². The van der Waals surface area contributed by atoms with Crippen LogP contribution in [0.25, 0.3) is 11.1 Å². The molecule has 3 rings (SSSR count). The number of carbonyl (C=O) groups excluding carboxylic acids is 2. The number of hydrogen-bond donors (Lipinski definition) is 4. The van der Waals surface area contributed by atoms with Crippen LogP contribution in [-0.4, -0.2) is 45.9 Å². The molecular formula is C24H23F8N5O4S. The summed E-state index contributed by atoms with van der Waals surface area (Å²) in [5.41, 5.74) is 2.62. The van der Waals surface area contributed by atoms with Crippen molar-refractivity contribution in [2.75, 3.05) is 18.7 Å². The number of halogens is 8. The molecule has 4 N–H and O–H groups in total. The Morgan fingerprint density at radius 1 is 1.05 bits per heavy atom. The van der Waals surface area contributed by atoms with Gasteiger partial charge in [-0.2, -0.15) is 30.7 Å². The zero-order valence-corrected chi connectivity index (χ0v) is 22.7. The number of anilines is 2.